The fourth-order valence-electron chi connectivity index (χ4n) is 2.88. The standard InChI is InChI=1S/C17H30N2O6.Li/c1-4-5-6-7-8-15(21)18-9-10-19(11-12-20,13(2)16(22)23)14(3)17(24)25;/h4-5,13-14,20H,6-12H2,1-3H3,(H2-,18,21,22,23,24,25);/q;+1/b5-4+;. The Hall–Kier alpha value is -1.33. The van der Waals surface area contributed by atoms with Crippen LogP contribution in [0.2, 0.25) is 0 Å². The molecule has 26 heavy (non-hydrogen) atoms. The fraction of sp³-hybridized carbons (Fsp3) is 0.706. The van der Waals surface area contributed by atoms with Crippen molar-refractivity contribution in [2.75, 3.05) is 26.2 Å². The summed E-state index contributed by atoms with van der Waals surface area (Å²) in [6, 6.07) is -2.20. The van der Waals surface area contributed by atoms with Crippen molar-refractivity contribution in [2.24, 2.45) is 0 Å². The number of hydrogen-bond acceptors (Lipinski definition) is 5. The zero-order valence-electron chi connectivity index (χ0n) is 16.2. The molecule has 0 spiro atoms. The van der Waals surface area contributed by atoms with Crippen molar-refractivity contribution in [1.29, 1.82) is 0 Å². The molecule has 0 aliphatic heterocycles. The number of rotatable bonds is 13. The predicted molar refractivity (Wildman–Crippen MR) is 90.3 cm³/mol. The molecule has 3 N–H and O–H groups in total. The van der Waals surface area contributed by atoms with Gasteiger partial charge in [-0.2, -0.15) is 0 Å². The van der Waals surface area contributed by atoms with Crippen LogP contribution in [0.25, 0.3) is 0 Å². The molecule has 0 rings (SSSR count). The molecule has 3 unspecified atom stereocenters. The zero-order valence-corrected chi connectivity index (χ0v) is 16.2. The summed E-state index contributed by atoms with van der Waals surface area (Å²) in [6.45, 7) is 4.44. The van der Waals surface area contributed by atoms with Crippen LogP contribution in [0, 0.1) is 0 Å². The number of amides is 1. The summed E-state index contributed by atoms with van der Waals surface area (Å²) >= 11 is 0. The Labute approximate surface area is 167 Å². The van der Waals surface area contributed by atoms with Gasteiger partial charge in [0.2, 0.25) is 5.91 Å². The van der Waals surface area contributed by atoms with Crippen molar-refractivity contribution in [2.45, 2.75) is 52.1 Å². The number of carboxylic acid groups (broad SMARTS) is 2. The number of aliphatic hydroxyl groups excluding tert-OH is 1. The van der Waals surface area contributed by atoms with Crippen LogP contribution in [-0.4, -0.2) is 70.9 Å². The number of aliphatic hydroxyl groups is 1. The van der Waals surface area contributed by atoms with E-state index in [1.54, 1.807) is 0 Å². The van der Waals surface area contributed by atoms with Crippen molar-refractivity contribution >= 4 is 17.8 Å². The molecule has 1 amide bonds. The first-order chi connectivity index (χ1) is 11.7. The molecule has 0 aromatic rings. The summed E-state index contributed by atoms with van der Waals surface area (Å²) in [5.74, 6) is -2.73. The molecule has 0 bridgehead atoms. The van der Waals surface area contributed by atoms with Crippen LogP contribution in [0.5, 0.6) is 0 Å². The summed E-state index contributed by atoms with van der Waals surface area (Å²) in [4.78, 5) is 34.6. The van der Waals surface area contributed by atoms with Crippen LogP contribution in [0.15, 0.2) is 12.2 Å². The van der Waals surface area contributed by atoms with E-state index in [9.17, 15) is 29.7 Å². The molecule has 0 aromatic heterocycles. The van der Waals surface area contributed by atoms with Gasteiger partial charge >= 0.3 is 24.8 Å². The maximum Gasteiger partial charge on any atom is 1.00 e. The van der Waals surface area contributed by atoms with Gasteiger partial charge in [-0.15, -0.1) is 0 Å². The first-order valence-corrected chi connectivity index (χ1v) is 8.51. The van der Waals surface area contributed by atoms with Crippen LogP contribution in [0.4, 0.5) is 0 Å². The van der Waals surface area contributed by atoms with Gasteiger partial charge in [-0.25, -0.2) is 4.79 Å². The van der Waals surface area contributed by atoms with E-state index in [1.165, 1.54) is 13.8 Å². The molecule has 0 saturated carbocycles. The fourth-order valence-corrected chi connectivity index (χ4v) is 2.88. The number of carbonyl (C=O) groups excluding carboxylic acids is 2. The maximum atomic E-state index is 11.8. The Bertz CT molecular complexity index is 464. The average molecular weight is 365 g/mol. The zero-order chi connectivity index (χ0) is 19.5. The van der Waals surface area contributed by atoms with E-state index in [0.717, 1.165) is 6.42 Å². The minimum Gasteiger partial charge on any atom is -0.544 e. The Morgan fingerprint density at radius 3 is 2.27 bits per heavy atom. The Morgan fingerprint density at radius 1 is 1.19 bits per heavy atom. The van der Waals surface area contributed by atoms with Gasteiger partial charge < -0.3 is 29.9 Å². The van der Waals surface area contributed by atoms with E-state index in [1.807, 2.05) is 19.1 Å². The van der Waals surface area contributed by atoms with Crippen molar-refractivity contribution in [1.82, 2.24) is 5.32 Å². The van der Waals surface area contributed by atoms with Gasteiger partial charge in [0.25, 0.3) is 0 Å². The summed E-state index contributed by atoms with van der Waals surface area (Å²) in [5.41, 5.74) is 0. The molecule has 0 heterocycles. The molecule has 9 heteroatoms. The van der Waals surface area contributed by atoms with Gasteiger partial charge in [0.05, 0.1) is 25.7 Å². The van der Waals surface area contributed by atoms with E-state index in [0.29, 0.717) is 12.8 Å². The third-order valence-electron chi connectivity index (χ3n) is 4.62. The molecule has 144 valence electrons. The number of nitrogens with one attached hydrogen (secondary N) is 1. The minimum atomic E-state index is -1.39. The third-order valence-corrected chi connectivity index (χ3v) is 4.62. The van der Waals surface area contributed by atoms with Crippen LogP contribution in [-0.2, 0) is 14.4 Å². The van der Waals surface area contributed by atoms with Gasteiger partial charge in [0.1, 0.15) is 12.6 Å². The molecule has 8 nitrogen and oxygen atoms in total. The molecule has 0 aromatic carbocycles. The molecule has 0 saturated heterocycles. The summed E-state index contributed by atoms with van der Waals surface area (Å²) in [7, 11) is 0. The molecule has 0 radical (unpaired) electrons. The SMILES string of the molecule is C/C=C/CCCC(=O)NCC[N+](CCO)(C(C)C(=O)[O-])C(C)C(=O)O.[Li+]. The van der Waals surface area contributed by atoms with Gasteiger partial charge in [-0.3, -0.25) is 4.79 Å². The average Bonchev–Trinajstić information content (AvgIpc) is 2.56. The molecular formula is C17H30LiN2O6+. The first-order valence-electron chi connectivity index (χ1n) is 8.51. The summed E-state index contributed by atoms with van der Waals surface area (Å²) < 4.78 is -0.396. The quantitative estimate of drug-likeness (QED) is 0.133. The second kappa shape index (κ2) is 13.8. The van der Waals surface area contributed by atoms with Crippen molar-refractivity contribution in [3.05, 3.63) is 12.2 Å². The van der Waals surface area contributed by atoms with Gasteiger partial charge in [-0.1, -0.05) is 12.2 Å². The Morgan fingerprint density at radius 2 is 1.81 bits per heavy atom. The number of aliphatic carboxylic acids is 2. The van der Waals surface area contributed by atoms with E-state index in [2.05, 4.69) is 5.32 Å². The van der Waals surface area contributed by atoms with Crippen molar-refractivity contribution in [3.8, 4) is 0 Å². The van der Waals surface area contributed by atoms with Crippen molar-refractivity contribution < 1.29 is 53.0 Å². The number of quaternary nitrogens is 1. The maximum absolute atomic E-state index is 11.8. The van der Waals surface area contributed by atoms with Crippen LogP contribution in [0.3, 0.4) is 0 Å². The summed E-state index contributed by atoms with van der Waals surface area (Å²) in [5, 5.41) is 32.7. The number of hydrogen-bond donors (Lipinski definition) is 3. The minimum absolute atomic E-state index is 0. The first kappa shape index (κ1) is 26.9. The van der Waals surface area contributed by atoms with E-state index < -0.39 is 28.5 Å². The van der Waals surface area contributed by atoms with Crippen LogP contribution < -0.4 is 29.3 Å². The number of carboxylic acids is 2. The van der Waals surface area contributed by atoms with Gasteiger partial charge in [0.15, 0.2) is 6.04 Å². The second-order valence-corrected chi connectivity index (χ2v) is 6.09. The largest absolute Gasteiger partial charge is 1.00 e. The normalized spacial score (nSPS) is 15.5. The van der Waals surface area contributed by atoms with E-state index in [-0.39, 0.29) is 51.0 Å². The molecule has 0 aliphatic carbocycles. The summed E-state index contributed by atoms with van der Waals surface area (Å²) in [6.07, 6.45) is 5.72. The third kappa shape index (κ3) is 8.37. The number of nitrogens with zero attached hydrogens (tertiary/aromatic N) is 1. The second-order valence-electron chi connectivity index (χ2n) is 6.09. The number of allylic oxidation sites excluding steroid dienone is 2. The number of carbonyl (C=O) groups is 3. The van der Waals surface area contributed by atoms with Crippen LogP contribution >= 0.6 is 0 Å². The van der Waals surface area contributed by atoms with Gasteiger partial charge in [0, 0.05) is 6.42 Å². The Kier molecular flexibility index (Phi) is 14.3. The molecule has 0 fully saturated rings. The number of unbranched alkanes of at least 4 members (excludes halogenated alkanes) is 1. The van der Waals surface area contributed by atoms with Crippen molar-refractivity contribution in [3.63, 3.8) is 0 Å². The monoisotopic (exact) mass is 365 g/mol. The molecular weight excluding hydrogens is 335 g/mol. The van der Waals surface area contributed by atoms with Crippen LogP contribution in [0.1, 0.15) is 40.0 Å². The molecule has 3 atom stereocenters. The van der Waals surface area contributed by atoms with Gasteiger partial charge in [-0.05, 0) is 33.6 Å². The Balaban J connectivity index is 0. The topological polar surface area (TPSA) is 127 Å². The molecule has 0 aliphatic rings. The van der Waals surface area contributed by atoms with E-state index in [4.69, 9.17) is 0 Å². The smallest absolute Gasteiger partial charge is 0.544 e. The van der Waals surface area contributed by atoms with E-state index >= 15 is 0 Å². The predicted octanol–water partition coefficient (Wildman–Crippen LogP) is -3.73.